The van der Waals surface area contributed by atoms with Crippen LogP contribution in [0.5, 0.6) is 0 Å². The van der Waals surface area contributed by atoms with Crippen LogP contribution in [0.4, 0.5) is 9.59 Å². The molecule has 0 radical (unpaired) electrons. The highest BCUT2D eigenvalue weighted by Gasteiger charge is 2.91. The molecule has 14 rings (SSSR count). The molecule has 3 aromatic carbocycles. The lowest BCUT2D eigenvalue weighted by atomic mass is 9.81. The van der Waals surface area contributed by atoms with Gasteiger partial charge in [0.15, 0.2) is 0 Å². The van der Waals surface area contributed by atoms with E-state index in [1.807, 2.05) is 31.1 Å². The van der Waals surface area contributed by atoms with Crippen LogP contribution in [-0.2, 0) is 23.8 Å². The number of benzene rings is 3. The predicted octanol–water partition coefficient (Wildman–Crippen LogP) is 8.35. The van der Waals surface area contributed by atoms with E-state index in [4.69, 9.17) is 24.2 Å². The summed E-state index contributed by atoms with van der Waals surface area (Å²) in [6, 6.07) is 19.9. The van der Waals surface area contributed by atoms with Gasteiger partial charge in [-0.15, -0.1) is 0 Å². The maximum atomic E-state index is 15.0. The van der Waals surface area contributed by atoms with Gasteiger partial charge in [-0.3, -0.25) is 9.59 Å². The Balaban J connectivity index is 0.671. The molecule has 356 valence electrons. The van der Waals surface area contributed by atoms with Crippen molar-refractivity contribution in [1.82, 2.24) is 40.4 Å². The van der Waals surface area contributed by atoms with E-state index in [1.165, 1.54) is 14.2 Å². The molecule has 6 saturated carbocycles. The van der Waals surface area contributed by atoms with Gasteiger partial charge in [0.2, 0.25) is 11.8 Å². The first-order chi connectivity index (χ1) is 33.3. The van der Waals surface area contributed by atoms with Crippen LogP contribution in [-0.4, -0.2) is 103 Å². The lowest BCUT2D eigenvalue weighted by Crippen LogP contribution is -2.57. The molecule has 6 aliphatic carbocycles. The summed E-state index contributed by atoms with van der Waals surface area (Å²) in [7, 11) is 2.69. The molecule has 0 bridgehead atoms. The number of aromatic nitrogens is 4. The number of nitrogens with one attached hydrogen (secondary N) is 4. The van der Waals surface area contributed by atoms with E-state index >= 15 is 0 Å². The van der Waals surface area contributed by atoms with Crippen molar-refractivity contribution in [3.63, 3.8) is 0 Å². The summed E-state index contributed by atoms with van der Waals surface area (Å²) in [5, 5.41) is 8.08. The van der Waals surface area contributed by atoms with Gasteiger partial charge in [0.05, 0.1) is 66.8 Å². The monoisotopic (exact) mass is 930 g/mol. The van der Waals surface area contributed by atoms with E-state index in [1.54, 1.807) is 0 Å². The highest BCUT2D eigenvalue weighted by Crippen LogP contribution is 2.89. The van der Waals surface area contributed by atoms with Gasteiger partial charge in [0.1, 0.15) is 23.7 Å². The van der Waals surface area contributed by atoms with Crippen molar-refractivity contribution in [2.45, 2.75) is 131 Å². The SMILES string of the molecule is COC(=O)NC(C(=O)N1[C@H](c2ncc(-c3ccc(-c4ccc5cc(-c6cnc([C@@H]7C[C@H]8C[C@H]8N7C(=O)C(NC(=O)OC)[C@@]78CC7C7(CC7)OC7(CC7)C8)[nH]6)ccc5c4)cc3)[nH]2)CC23CC12C3)C(C)C. The second kappa shape index (κ2) is 14.0. The Kier molecular flexibility index (Phi) is 8.45. The van der Waals surface area contributed by atoms with E-state index in [0.717, 1.165) is 127 Å². The Labute approximate surface area is 399 Å². The quantitative estimate of drug-likeness (QED) is 0.101. The Hall–Kier alpha value is -6.22. The number of rotatable bonds is 11. The first-order valence-electron chi connectivity index (χ1n) is 25.1. The lowest BCUT2D eigenvalue weighted by Gasteiger charge is -2.41. The minimum Gasteiger partial charge on any atom is -0.453 e. The van der Waals surface area contributed by atoms with Crippen LogP contribution in [0.2, 0.25) is 0 Å². The average Bonchev–Trinajstić information content (AvgIpc) is 4.26. The summed E-state index contributed by atoms with van der Waals surface area (Å²) < 4.78 is 16.7. The zero-order valence-electron chi connectivity index (χ0n) is 39.5. The number of amides is 4. The molecule has 4 amide bonds. The molecule has 4 N–H and O–H groups in total. The summed E-state index contributed by atoms with van der Waals surface area (Å²) in [6.07, 6.45) is 13.2. The van der Waals surface area contributed by atoms with Crippen LogP contribution >= 0.6 is 0 Å². The van der Waals surface area contributed by atoms with Crippen molar-refractivity contribution < 1.29 is 33.4 Å². The summed E-state index contributed by atoms with van der Waals surface area (Å²) >= 11 is 0. The van der Waals surface area contributed by atoms with Gasteiger partial charge in [-0.05, 0) is 128 Å². The van der Waals surface area contributed by atoms with Crippen molar-refractivity contribution >= 4 is 34.8 Å². The van der Waals surface area contributed by atoms with Crippen LogP contribution in [0.15, 0.2) is 73.1 Å². The van der Waals surface area contributed by atoms with Gasteiger partial charge in [-0.25, -0.2) is 19.6 Å². The Morgan fingerprint density at radius 1 is 0.725 bits per heavy atom. The number of alkyl carbamates (subject to hydrolysis) is 2. The third-order valence-electron chi connectivity index (χ3n) is 18.5. The zero-order chi connectivity index (χ0) is 47.0. The molecule has 15 nitrogen and oxygen atoms in total. The molecule has 5 heterocycles. The molecule has 2 spiro atoms. The normalized spacial score (nSPS) is 32.4. The largest absolute Gasteiger partial charge is 0.453 e. The smallest absolute Gasteiger partial charge is 0.407 e. The molecule has 3 aliphatic heterocycles. The number of nitrogens with zero attached hydrogens (tertiary/aromatic N) is 4. The second-order valence-electron chi connectivity index (χ2n) is 22.8. The van der Waals surface area contributed by atoms with E-state index in [9.17, 15) is 19.2 Å². The number of hydrogen-bond acceptors (Lipinski definition) is 9. The van der Waals surface area contributed by atoms with Crippen LogP contribution in [0.1, 0.15) is 108 Å². The number of carbonyl (C=O) groups is 4. The number of piperidine rings is 3. The molecule has 15 heteroatoms. The molecule has 9 aliphatic rings. The number of fused-ring (bicyclic) bond motifs is 4. The first-order valence-corrected chi connectivity index (χ1v) is 25.1. The van der Waals surface area contributed by atoms with Crippen LogP contribution in [0.3, 0.4) is 0 Å². The summed E-state index contributed by atoms with van der Waals surface area (Å²) in [6.45, 7) is 3.88. The fraction of sp³-hybridized carbons (Fsp3) is 0.519. The van der Waals surface area contributed by atoms with Crippen molar-refractivity contribution in [3.05, 3.63) is 84.7 Å². The van der Waals surface area contributed by atoms with E-state index in [-0.39, 0.29) is 69.3 Å². The number of ether oxygens (including phenoxy) is 3. The number of aromatic amines is 2. The van der Waals surface area contributed by atoms with Crippen LogP contribution in [0, 0.1) is 28.6 Å². The Bertz CT molecular complexity index is 3020. The fourth-order valence-corrected chi connectivity index (χ4v) is 14.2. The molecule has 3 saturated heterocycles. The number of imidazole rings is 2. The second-order valence-corrected chi connectivity index (χ2v) is 22.8. The number of H-pyrrole nitrogens is 2. The highest BCUT2D eigenvalue weighted by atomic mass is 16.5. The third kappa shape index (κ3) is 6.20. The summed E-state index contributed by atoms with van der Waals surface area (Å²) in [5.74, 6) is 2.12. The van der Waals surface area contributed by atoms with Gasteiger partial charge in [-0.2, -0.15) is 0 Å². The third-order valence-corrected chi connectivity index (χ3v) is 18.5. The Morgan fingerprint density at radius 3 is 2.01 bits per heavy atom. The topological polar surface area (TPSA) is 184 Å². The standard InChI is InChI=1S/C54H58N8O7/c1-28(2)42(59-48(65)67-3)46(63)62-40(21-50-25-54(50,62)26-50)45-56-23-36(57-45)30-7-5-29(6-8-30)31-9-10-33-18-34(12-11-32(33)17-31)37-24-55-44(58-37)39-20-35-19-38(35)61(39)47(64)43(60-49(66)68-4)52-22-41(52)53(15-16-53)69-51(27-52)13-14-51/h5-12,17-18,23-24,28,35,38-43H,13-16,19-22,25-27H2,1-4H3,(H,55,58)(H,56,57)(H,59,65)(H,60,66)/t35-,38-,39+,40+,41?,42?,43?,50?,52-,54?/m1/s1. The Morgan fingerprint density at radius 2 is 1.35 bits per heavy atom. The van der Waals surface area contributed by atoms with Crippen molar-refractivity contribution in [1.29, 1.82) is 0 Å². The predicted molar refractivity (Wildman–Crippen MR) is 253 cm³/mol. The van der Waals surface area contributed by atoms with Crippen molar-refractivity contribution in [2.75, 3.05) is 14.2 Å². The minimum absolute atomic E-state index is 0.00315. The van der Waals surface area contributed by atoms with E-state index < -0.39 is 24.3 Å². The van der Waals surface area contributed by atoms with Gasteiger partial charge in [-0.1, -0.05) is 62.4 Å². The van der Waals surface area contributed by atoms with E-state index in [0.29, 0.717) is 5.92 Å². The molecular weight excluding hydrogens is 873 g/mol. The van der Waals surface area contributed by atoms with Crippen LogP contribution in [0.25, 0.3) is 44.4 Å². The maximum Gasteiger partial charge on any atom is 0.407 e. The van der Waals surface area contributed by atoms with Gasteiger partial charge in [0, 0.05) is 22.4 Å². The van der Waals surface area contributed by atoms with Gasteiger partial charge in [0.25, 0.3) is 0 Å². The number of methoxy groups -OCH3 is 2. The van der Waals surface area contributed by atoms with Gasteiger partial charge >= 0.3 is 12.2 Å². The lowest BCUT2D eigenvalue weighted by molar-refractivity contribution is -0.145. The fourth-order valence-electron chi connectivity index (χ4n) is 14.2. The summed E-state index contributed by atoms with van der Waals surface area (Å²) in [5.41, 5.74) is 5.54. The van der Waals surface area contributed by atoms with E-state index in [2.05, 4.69) is 86.2 Å². The molecule has 3 unspecified atom stereocenters. The minimum atomic E-state index is -0.676. The molecular formula is C54H58N8O7. The van der Waals surface area contributed by atoms with Crippen molar-refractivity contribution in [3.8, 4) is 33.6 Å². The van der Waals surface area contributed by atoms with Crippen molar-refractivity contribution in [2.24, 2.45) is 28.6 Å². The molecule has 5 aromatic rings. The molecule has 9 fully saturated rings. The number of carbonyl (C=O) groups excluding carboxylic acids is 4. The first kappa shape index (κ1) is 41.7. The maximum absolute atomic E-state index is 15.0. The average molecular weight is 931 g/mol. The number of likely N-dealkylation sites (tertiary alicyclic amines) is 2. The van der Waals surface area contributed by atoms with Gasteiger partial charge < -0.3 is 44.6 Å². The molecule has 69 heavy (non-hydrogen) atoms. The molecule has 8 atom stereocenters. The number of hydrogen-bond donors (Lipinski definition) is 4. The van der Waals surface area contributed by atoms with Crippen LogP contribution < -0.4 is 10.6 Å². The highest BCUT2D eigenvalue weighted by molar-refractivity contribution is 5.92. The zero-order valence-corrected chi connectivity index (χ0v) is 39.5. The summed E-state index contributed by atoms with van der Waals surface area (Å²) in [4.78, 5) is 75.1. The molecule has 2 aromatic heterocycles.